The van der Waals surface area contributed by atoms with Crippen LogP contribution < -0.4 is 10.6 Å². The molecule has 0 aliphatic heterocycles. The standard InChI is InChI=1S/C8H13ClN4O/c1-10-8(14)5-11-4-7-12-3-6(9)13(7)2/h3,11H,4-5H2,1-2H3,(H,10,14). The lowest BCUT2D eigenvalue weighted by Crippen LogP contribution is -2.31. The molecular formula is C8H13ClN4O. The lowest BCUT2D eigenvalue weighted by Gasteiger charge is -2.04. The topological polar surface area (TPSA) is 59.0 Å². The molecule has 2 N–H and O–H groups in total. The Morgan fingerprint density at radius 3 is 2.93 bits per heavy atom. The fourth-order valence-corrected chi connectivity index (χ4v) is 1.11. The second kappa shape index (κ2) is 4.97. The molecule has 1 aromatic rings. The van der Waals surface area contributed by atoms with Crippen molar-refractivity contribution in [2.24, 2.45) is 7.05 Å². The summed E-state index contributed by atoms with van der Waals surface area (Å²) in [6.07, 6.45) is 1.58. The van der Waals surface area contributed by atoms with Crippen LogP contribution in [0.25, 0.3) is 0 Å². The molecule has 5 nitrogen and oxygen atoms in total. The molecular weight excluding hydrogens is 204 g/mol. The summed E-state index contributed by atoms with van der Waals surface area (Å²) < 4.78 is 1.76. The van der Waals surface area contributed by atoms with E-state index in [0.29, 0.717) is 11.7 Å². The average molecular weight is 217 g/mol. The van der Waals surface area contributed by atoms with Crippen LogP contribution in [0.3, 0.4) is 0 Å². The van der Waals surface area contributed by atoms with Crippen LogP contribution in [0.5, 0.6) is 0 Å². The number of hydrogen-bond donors (Lipinski definition) is 2. The van der Waals surface area contributed by atoms with Crippen molar-refractivity contribution < 1.29 is 4.79 Å². The number of nitrogens with zero attached hydrogens (tertiary/aromatic N) is 2. The van der Waals surface area contributed by atoms with Gasteiger partial charge in [0.05, 0.1) is 19.3 Å². The number of aromatic nitrogens is 2. The highest BCUT2D eigenvalue weighted by molar-refractivity contribution is 6.29. The van der Waals surface area contributed by atoms with E-state index in [9.17, 15) is 4.79 Å². The third-order valence-electron chi connectivity index (χ3n) is 1.88. The van der Waals surface area contributed by atoms with Gasteiger partial charge in [0.25, 0.3) is 0 Å². The Morgan fingerprint density at radius 1 is 1.71 bits per heavy atom. The van der Waals surface area contributed by atoms with Gasteiger partial charge in [-0.05, 0) is 0 Å². The van der Waals surface area contributed by atoms with Crippen LogP contribution in [0.2, 0.25) is 5.15 Å². The first-order chi connectivity index (χ1) is 6.65. The number of amides is 1. The number of hydrogen-bond acceptors (Lipinski definition) is 3. The summed E-state index contributed by atoms with van der Waals surface area (Å²) in [5.74, 6) is 0.754. The largest absolute Gasteiger partial charge is 0.358 e. The van der Waals surface area contributed by atoms with E-state index in [1.54, 1.807) is 17.8 Å². The quantitative estimate of drug-likeness (QED) is 0.740. The van der Waals surface area contributed by atoms with Gasteiger partial charge in [-0.15, -0.1) is 0 Å². The van der Waals surface area contributed by atoms with E-state index in [2.05, 4.69) is 15.6 Å². The van der Waals surface area contributed by atoms with Gasteiger partial charge >= 0.3 is 0 Å². The zero-order valence-electron chi connectivity index (χ0n) is 8.17. The molecule has 0 aliphatic carbocycles. The monoisotopic (exact) mass is 216 g/mol. The number of imidazole rings is 1. The van der Waals surface area contributed by atoms with Crippen molar-refractivity contribution >= 4 is 17.5 Å². The lowest BCUT2D eigenvalue weighted by molar-refractivity contribution is -0.119. The summed E-state index contributed by atoms with van der Waals surface area (Å²) in [4.78, 5) is 14.9. The molecule has 14 heavy (non-hydrogen) atoms. The number of likely N-dealkylation sites (N-methyl/N-ethyl adjacent to an activating group) is 1. The Morgan fingerprint density at radius 2 is 2.43 bits per heavy atom. The van der Waals surface area contributed by atoms with Gasteiger partial charge in [0.15, 0.2) is 0 Å². The first-order valence-corrected chi connectivity index (χ1v) is 4.60. The predicted molar refractivity (Wildman–Crippen MR) is 54.0 cm³/mol. The minimum absolute atomic E-state index is 0.0506. The van der Waals surface area contributed by atoms with Crippen LogP contribution >= 0.6 is 11.6 Å². The van der Waals surface area contributed by atoms with Crippen LogP contribution in [-0.4, -0.2) is 29.1 Å². The minimum Gasteiger partial charge on any atom is -0.358 e. The van der Waals surface area contributed by atoms with Crippen molar-refractivity contribution in [3.8, 4) is 0 Å². The smallest absolute Gasteiger partial charge is 0.233 e. The van der Waals surface area contributed by atoms with Gasteiger partial charge in [0.2, 0.25) is 5.91 Å². The molecule has 0 aliphatic rings. The number of nitrogens with one attached hydrogen (secondary N) is 2. The number of carbonyl (C=O) groups excluding carboxylic acids is 1. The maximum atomic E-state index is 10.9. The van der Waals surface area contributed by atoms with Gasteiger partial charge in [0, 0.05) is 14.1 Å². The first kappa shape index (κ1) is 11.0. The first-order valence-electron chi connectivity index (χ1n) is 4.22. The molecule has 1 amide bonds. The van der Waals surface area contributed by atoms with Crippen LogP contribution in [0.15, 0.2) is 6.20 Å². The third-order valence-corrected chi connectivity index (χ3v) is 2.23. The average Bonchev–Trinajstić information content (AvgIpc) is 2.49. The molecule has 0 atom stereocenters. The second-order valence-electron chi connectivity index (χ2n) is 2.83. The van der Waals surface area contributed by atoms with E-state index in [0.717, 1.165) is 5.82 Å². The van der Waals surface area contributed by atoms with E-state index in [1.807, 2.05) is 7.05 Å². The molecule has 1 rings (SSSR count). The van der Waals surface area contributed by atoms with Crippen molar-refractivity contribution in [3.63, 3.8) is 0 Å². The van der Waals surface area contributed by atoms with Gasteiger partial charge in [0.1, 0.15) is 11.0 Å². The molecule has 0 unspecified atom stereocenters. The van der Waals surface area contributed by atoms with Gasteiger partial charge in [-0.25, -0.2) is 4.98 Å². The summed E-state index contributed by atoms with van der Waals surface area (Å²) in [7, 11) is 3.42. The second-order valence-corrected chi connectivity index (χ2v) is 3.22. The highest BCUT2D eigenvalue weighted by Crippen LogP contribution is 2.08. The lowest BCUT2D eigenvalue weighted by atomic mass is 10.5. The number of halogens is 1. The highest BCUT2D eigenvalue weighted by atomic mass is 35.5. The van der Waals surface area contributed by atoms with Gasteiger partial charge in [-0.2, -0.15) is 0 Å². The van der Waals surface area contributed by atoms with Crippen molar-refractivity contribution in [3.05, 3.63) is 17.2 Å². The highest BCUT2D eigenvalue weighted by Gasteiger charge is 2.04. The molecule has 1 aromatic heterocycles. The Hall–Kier alpha value is -1.07. The van der Waals surface area contributed by atoms with Crippen molar-refractivity contribution in [1.29, 1.82) is 0 Å². The minimum atomic E-state index is -0.0506. The Kier molecular flexibility index (Phi) is 3.91. The molecule has 0 aromatic carbocycles. The maximum Gasteiger partial charge on any atom is 0.233 e. The van der Waals surface area contributed by atoms with E-state index >= 15 is 0 Å². The zero-order chi connectivity index (χ0) is 10.6. The van der Waals surface area contributed by atoms with E-state index in [-0.39, 0.29) is 12.5 Å². The molecule has 0 spiro atoms. The van der Waals surface area contributed by atoms with Crippen molar-refractivity contribution in [1.82, 2.24) is 20.2 Å². The molecule has 78 valence electrons. The van der Waals surface area contributed by atoms with Gasteiger partial charge in [-0.3, -0.25) is 4.79 Å². The fraction of sp³-hybridized carbons (Fsp3) is 0.500. The normalized spacial score (nSPS) is 10.2. The summed E-state index contributed by atoms with van der Waals surface area (Å²) in [6.45, 7) is 0.803. The van der Waals surface area contributed by atoms with Crippen LogP contribution in [0.4, 0.5) is 0 Å². The van der Waals surface area contributed by atoms with Crippen LogP contribution in [0.1, 0.15) is 5.82 Å². The van der Waals surface area contributed by atoms with Crippen molar-refractivity contribution in [2.75, 3.05) is 13.6 Å². The van der Waals surface area contributed by atoms with E-state index in [4.69, 9.17) is 11.6 Å². The van der Waals surface area contributed by atoms with Crippen molar-refractivity contribution in [2.45, 2.75) is 6.54 Å². The molecule has 0 saturated heterocycles. The summed E-state index contributed by atoms with van der Waals surface area (Å²) in [5.41, 5.74) is 0. The Labute approximate surface area is 87.5 Å². The molecule has 0 saturated carbocycles. The summed E-state index contributed by atoms with van der Waals surface area (Å²) in [5, 5.41) is 6.05. The molecule has 0 fully saturated rings. The molecule has 1 heterocycles. The van der Waals surface area contributed by atoms with Gasteiger partial charge in [-0.1, -0.05) is 11.6 Å². The van der Waals surface area contributed by atoms with Crippen LogP contribution in [0, 0.1) is 0 Å². The predicted octanol–water partition coefficient (Wildman–Crippen LogP) is -0.0909. The number of rotatable bonds is 4. The SMILES string of the molecule is CNC(=O)CNCc1ncc(Cl)n1C. The molecule has 0 radical (unpaired) electrons. The fourth-order valence-electron chi connectivity index (χ4n) is 0.965. The third kappa shape index (κ3) is 2.71. The maximum absolute atomic E-state index is 10.9. The van der Waals surface area contributed by atoms with Crippen LogP contribution in [-0.2, 0) is 18.4 Å². The van der Waals surface area contributed by atoms with Gasteiger partial charge < -0.3 is 15.2 Å². The zero-order valence-corrected chi connectivity index (χ0v) is 8.93. The summed E-state index contributed by atoms with van der Waals surface area (Å²) in [6, 6.07) is 0. The Balaban J connectivity index is 2.39. The Bertz CT molecular complexity index is 323. The molecule has 0 bridgehead atoms. The van der Waals surface area contributed by atoms with E-state index in [1.165, 1.54) is 0 Å². The molecule has 6 heteroatoms. The van der Waals surface area contributed by atoms with E-state index < -0.39 is 0 Å². The summed E-state index contributed by atoms with van der Waals surface area (Å²) >= 11 is 5.79. The number of carbonyl (C=O) groups is 1.